The Morgan fingerprint density at radius 1 is 0.840 bits per heavy atom. The first-order valence-electron chi connectivity index (χ1n) is 16.8. The summed E-state index contributed by atoms with van der Waals surface area (Å²) in [5.74, 6) is -0.218. The monoisotopic (exact) mass is 717 g/mol. The van der Waals surface area contributed by atoms with Crippen LogP contribution in [-0.2, 0) is 32.6 Å². The third-order valence-corrected chi connectivity index (χ3v) is 11.0. The number of aryl methyl sites for hydroxylation is 1. The van der Waals surface area contributed by atoms with Gasteiger partial charge in [-0.3, -0.25) is 13.9 Å². The summed E-state index contributed by atoms with van der Waals surface area (Å²) < 4.78 is 40.7. The zero-order valence-electron chi connectivity index (χ0n) is 28.7. The molecule has 0 unspecified atom stereocenters. The van der Waals surface area contributed by atoms with Crippen LogP contribution in [0.5, 0.6) is 11.5 Å². The van der Waals surface area contributed by atoms with Crippen LogP contribution in [0.1, 0.15) is 48.8 Å². The van der Waals surface area contributed by atoms with Crippen molar-refractivity contribution in [2.75, 3.05) is 25.1 Å². The molecular formula is C39H44ClN3O6S. The maximum absolute atomic E-state index is 14.8. The molecule has 1 fully saturated rings. The van der Waals surface area contributed by atoms with E-state index in [0.29, 0.717) is 10.8 Å². The third-order valence-electron chi connectivity index (χ3n) is 8.99. The summed E-state index contributed by atoms with van der Waals surface area (Å²) in [5.41, 5.74) is 2.94. The van der Waals surface area contributed by atoms with Crippen molar-refractivity contribution in [3.05, 3.63) is 119 Å². The fourth-order valence-corrected chi connectivity index (χ4v) is 7.90. The number of benzene rings is 4. The SMILES string of the molecule is COc1ccc(S(=O)(=O)N(CC(=O)N(Cc2cccc(C)c2)[C@@H](Cc2ccccc2)C(=O)NC2CCCCC2)c2ccc(Cl)cc2)cc1OC. The Kier molecular flexibility index (Phi) is 12.4. The number of anilines is 1. The molecular weight excluding hydrogens is 674 g/mol. The van der Waals surface area contributed by atoms with Gasteiger partial charge in [-0.1, -0.05) is 91.0 Å². The summed E-state index contributed by atoms with van der Waals surface area (Å²) in [5, 5.41) is 3.65. The second-order valence-corrected chi connectivity index (χ2v) is 14.9. The molecule has 50 heavy (non-hydrogen) atoms. The molecule has 5 rings (SSSR count). The van der Waals surface area contributed by atoms with Gasteiger partial charge in [0, 0.05) is 30.1 Å². The van der Waals surface area contributed by atoms with E-state index in [0.717, 1.165) is 53.1 Å². The standard InChI is InChI=1S/C39H44ClN3O6S/c1-28-11-10-14-30(23-28)26-42(35(24-29-12-6-4-7-13-29)39(45)41-32-15-8-5-9-16-32)38(44)27-43(33-19-17-31(40)18-20-33)50(46,47)34-21-22-36(48-2)37(25-34)49-3/h4,6-7,10-14,17-23,25,32,35H,5,8-9,15-16,24,26-27H2,1-3H3,(H,41,45)/t35-/m0/s1. The predicted molar refractivity (Wildman–Crippen MR) is 196 cm³/mol. The molecule has 0 saturated heterocycles. The van der Waals surface area contributed by atoms with Crippen LogP contribution >= 0.6 is 11.6 Å². The van der Waals surface area contributed by atoms with E-state index in [2.05, 4.69) is 5.32 Å². The molecule has 0 aromatic heterocycles. The summed E-state index contributed by atoms with van der Waals surface area (Å²) in [4.78, 5) is 30.5. The minimum atomic E-state index is -4.35. The summed E-state index contributed by atoms with van der Waals surface area (Å²) in [6, 6.07) is 26.9. The summed E-state index contributed by atoms with van der Waals surface area (Å²) in [6.45, 7) is 1.48. The first-order chi connectivity index (χ1) is 24.1. The van der Waals surface area contributed by atoms with E-state index in [1.807, 2.05) is 61.5 Å². The topological polar surface area (TPSA) is 105 Å². The molecule has 1 aliphatic carbocycles. The zero-order chi connectivity index (χ0) is 35.7. The van der Waals surface area contributed by atoms with E-state index in [9.17, 15) is 18.0 Å². The molecule has 0 radical (unpaired) electrons. The van der Waals surface area contributed by atoms with Crippen LogP contribution in [0, 0.1) is 6.92 Å². The second-order valence-electron chi connectivity index (χ2n) is 12.6. The number of carbonyl (C=O) groups excluding carboxylic acids is 2. The van der Waals surface area contributed by atoms with Crippen molar-refractivity contribution in [2.45, 2.75) is 69.0 Å². The van der Waals surface area contributed by atoms with Crippen LogP contribution < -0.4 is 19.1 Å². The quantitative estimate of drug-likeness (QED) is 0.151. The van der Waals surface area contributed by atoms with E-state index in [1.165, 1.54) is 37.3 Å². The van der Waals surface area contributed by atoms with Gasteiger partial charge in [-0.05, 0) is 67.3 Å². The van der Waals surface area contributed by atoms with Gasteiger partial charge in [-0.2, -0.15) is 0 Å². The normalized spacial score (nSPS) is 14.0. The number of sulfonamides is 1. The van der Waals surface area contributed by atoms with Crippen molar-refractivity contribution >= 4 is 39.1 Å². The molecule has 4 aromatic rings. The minimum Gasteiger partial charge on any atom is -0.493 e. The Hall–Kier alpha value is -4.54. The van der Waals surface area contributed by atoms with Crippen LogP contribution in [0.3, 0.4) is 0 Å². The number of hydrogen-bond acceptors (Lipinski definition) is 6. The molecule has 2 amide bonds. The number of carbonyl (C=O) groups is 2. The first-order valence-corrected chi connectivity index (χ1v) is 18.6. The lowest BCUT2D eigenvalue weighted by atomic mass is 9.94. The van der Waals surface area contributed by atoms with Crippen LogP contribution in [0.4, 0.5) is 5.69 Å². The summed E-state index contributed by atoms with van der Waals surface area (Å²) in [7, 11) is -1.47. The van der Waals surface area contributed by atoms with Crippen molar-refractivity contribution in [3.63, 3.8) is 0 Å². The average molecular weight is 718 g/mol. The zero-order valence-corrected chi connectivity index (χ0v) is 30.3. The smallest absolute Gasteiger partial charge is 0.264 e. The molecule has 1 N–H and O–H groups in total. The van der Waals surface area contributed by atoms with Gasteiger partial charge in [-0.25, -0.2) is 8.42 Å². The number of halogens is 1. The van der Waals surface area contributed by atoms with E-state index < -0.39 is 28.5 Å². The van der Waals surface area contributed by atoms with Crippen LogP contribution in [0.15, 0.2) is 102 Å². The number of hydrogen-bond donors (Lipinski definition) is 1. The number of nitrogens with zero attached hydrogens (tertiary/aromatic N) is 2. The Morgan fingerprint density at radius 2 is 1.52 bits per heavy atom. The van der Waals surface area contributed by atoms with Crippen LogP contribution in [-0.4, -0.2) is 58.0 Å². The van der Waals surface area contributed by atoms with Gasteiger partial charge >= 0.3 is 0 Å². The van der Waals surface area contributed by atoms with Gasteiger partial charge in [0.2, 0.25) is 11.8 Å². The van der Waals surface area contributed by atoms with Crippen molar-refractivity contribution in [3.8, 4) is 11.5 Å². The molecule has 11 heteroatoms. The molecule has 4 aromatic carbocycles. The number of methoxy groups -OCH3 is 2. The highest BCUT2D eigenvalue weighted by molar-refractivity contribution is 7.92. The Bertz CT molecular complexity index is 1860. The fourth-order valence-electron chi connectivity index (χ4n) is 6.35. The largest absolute Gasteiger partial charge is 0.493 e. The summed E-state index contributed by atoms with van der Waals surface area (Å²) in [6.07, 6.45) is 5.20. The van der Waals surface area contributed by atoms with E-state index >= 15 is 0 Å². The van der Waals surface area contributed by atoms with E-state index in [-0.39, 0.29) is 41.2 Å². The molecule has 0 spiro atoms. The second kappa shape index (κ2) is 16.9. The molecule has 264 valence electrons. The molecule has 0 aliphatic heterocycles. The third kappa shape index (κ3) is 9.17. The Labute approximate surface area is 300 Å². The highest BCUT2D eigenvalue weighted by Gasteiger charge is 2.35. The Morgan fingerprint density at radius 3 is 2.18 bits per heavy atom. The number of ether oxygens (including phenoxy) is 2. The van der Waals surface area contributed by atoms with Crippen molar-refractivity contribution in [1.82, 2.24) is 10.2 Å². The minimum absolute atomic E-state index is 0.0152. The van der Waals surface area contributed by atoms with Crippen molar-refractivity contribution in [2.24, 2.45) is 0 Å². The van der Waals surface area contributed by atoms with Crippen LogP contribution in [0.2, 0.25) is 5.02 Å². The molecule has 0 bridgehead atoms. The van der Waals surface area contributed by atoms with Gasteiger partial charge in [0.1, 0.15) is 12.6 Å². The van der Waals surface area contributed by atoms with Gasteiger partial charge < -0.3 is 19.7 Å². The summed E-state index contributed by atoms with van der Waals surface area (Å²) >= 11 is 6.20. The lowest BCUT2D eigenvalue weighted by molar-refractivity contribution is -0.140. The first kappa shape index (κ1) is 36.7. The lowest BCUT2D eigenvalue weighted by Crippen LogP contribution is -2.55. The number of nitrogens with one attached hydrogen (secondary N) is 1. The number of amides is 2. The van der Waals surface area contributed by atoms with Gasteiger partial charge in [0.15, 0.2) is 11.5 Å². The average Bonchev–Trinajstić information content (AvgIpc) is 3.12. The van der Waals surface area contributed by atoms with Crippen LogP contribution in [0.25, 0.3) is 0 Å². The predicted octanol–water partition coefficient (Wildman–Crippen LogP) is 6.95. The molecule has 0 heterocycles. The Balaban J connectivity index is 1.58. The van der Waals surface area contributed by atoms with Crippen molar-refractivity contribution < 1.29 is 27.5 Å². The highest BCUT2D eigenvalue weighted by Crippen LogP contribution is 2.33. The molecule has 9 nitrogen and oxygen atoms in total. The molecule has 1 saturated carbocycles. The fraction of sp³-hybridized carbons (Fsp3) is 0.333. The van der Waals surface area contributed by atoms with Gasteiger partial charge in [0.25, 0.3) is 10.0 Å². The van der Waals surface area contributed by atoms with E-state index in [1.54, 1.807) is 24.3 Å². The molecule has 1 atom stereocenters. The lowest BCUT2D eigenvalue weighted by Gasteiger charge is -2.35. The number of rotatable bonds is 14. The van der Waals surface area contributed by atoms with Gasteiger partial charge in [0.05, 0.1) is 24.8 Å². The van der Waals surface area contributed by atoms with E-state index in [4.69, 9.17) is 21.1 Å². The maximum atomic E-state index is 14.8. The maximum Gasteiger partial charge on any atom is 0.264 e. The highest BCUT2D eigenvalue weighted by atomic mass is 35.5. The molecule has 1 aliphatic rings. The van der Waals surface area contributed by atoms with Crippen molar-refractivity contribution in [1.29, 1.82) is 0 Å². The van der Waals surface area contributed by atoms with Gasteiger partial charge in [-0.15, -0.1) is 0 Å².